The molecule has 1 unspecified atom stereocenters. The minimum atomic E-state index is 0.403. The van der Waals surface area contributed by atoms with Crippen LogP contribution in [0.2, 0.25) is 0 Å². The van der Waals surface area contributed by atoms with Gasteiger partial charge < -0.3 is 10.1 Å². The first-order chi connectivity index (χ1) is 8.69. The lowest BCUT2D eigenvalue weighted by molar-refractivity contribution is 0.328. The highest BCUT2D eigenvalue weighted by Gasteiger charge is 2.15. The van der Waals surface area contributed by atoms with Crippen molar-refractivity contribution in [2.24, 2.45) is 5.92 Å². The van der Waals surface area contributed by atoms with E-state index < -0.39 is 0 Å². The molecule has 102 valence electrons. The lowest BCUT2D eigenvalue weighted by Crippen LogP contribution is -2.22. The average molecular weight is 249 g/mol. The van der Waals surface area contributed by atoms with E-state index in [1.807, 2.05) is 13.0 Å². The summed E-state index contributed by atoms with van der Waals surface area (Å²) in [6.45, 7) is 10.5. The van der Waals surface area contributed by atoms with Crippen molar-refractivity contribution in [1.82, 2.24) is 5.32 Å². The number of nitrogens with one attached hydrogen (secondary N) is 1. The van der Waals surface area contributed by atoms with Gasteiger partial charge in [0.05, 0.1) is 6.61 Å². The van der Waals surface area contributed by atoms with E-state index in [-0.39, 0.29) is 0 Å². The van der Waals surface area contributed by atoms with Gasteiger partial charge in [0.2, 0.25) is 0 Å². The van der Waals surface area contributed by atoms with E-state index in [9.17, 15) is 0 Å². The zero-order valence-electron chi connectivity index (χ0n) is 12.2. The van der Waals surface area contributed by atoms with Gasteiger partial charge in [-0.05, 0) is 38.3 Å². The van der Waals surface area contributed by atoms with E-state index in [2.05, 4.69) is 44.3 Å². The summed E-state index contributed by atoms with van der Waals surface area (Å²) in [5.74, 6) is 1.76. The van der Waals surface area contributed by atoms with Gasteiger partial charge in [0.25, 0.3) is 0 Å². The largest absolute Gasteiger partial charge is 0.494 e. The molecule has 0 aliphatic rings. The van der Waals surface area contributed by atoms with Gasteiger partial charge in [-0.15, -0.1) is 0 Å². The van der Waals surface area contributed by atoms with Gasteiger partial charge in [-0.3, -0.25) is 0 Å². The van der Waals surface area contributed by atoms with E-state index >= 15 is 0 Å². The Hall–Kier alpha value is -1.02. The SMILES string of the molecule is CCNC(CCC(C)C)c1ccccc1OCC. The first-order valence-corrected chi connectivity index (χ1v) is 7.14. The highest BCUT2D eigenvalue weighted by Crippen LogP contribution is 2.29. The number of hydrogen-bond donors (Lipinski definition) is 1. The number of para-hydroxylation sites is 1. The molecule has 2 heteroatoms. The minimum absolute atomic E-state index is 0.403. The summed E-state index contributed by atoms with van der Waals surface area (Å²) in [7, 11) is 0. The van der Waals surface area contributed by atoms with Crippen molar-refractivity contribution >= 4 is 0 Å². The van der Waals surface area contributed by atoms with Crippen LogP contribution in [0.4, 0.5) is 0 Å². The Morgan fingerprint density at radius 3 is 2.44 bits per heavy atom. The number of benzene rings is 1. The smallest absolute Gasteiger partial charge is 0.124 e. The van der Waals surface area contributed by atoms with Crippen molar-refractivity contribution in [3.05, 3.63) is 29.8 Å². The second-order valence-corrected chi connectivity index (χ2v) is 5.05. The fourth-order valence-corrected chi connectivity index (χ4v) is 2.17. The molecule has 0 aromatic heterocycles. The standard InChI is InChI=1S/C16H27NO/c1-5-17-15(12-11-13(3)4)14-9-7-8-10-16(14)18-6-2/h7-10,13,15,17H,5-6,11-12H2,1-4H3. The predicted molar refractivity (Wildman–Crippen MR) is 78.1 cm³/mol. The predicted octanol–water partition coefficient (Wildman–Crippen LogP) is 4.17. The summed E-state index contributed by atoms with van der Waals surface area (Å²) in [5.41, 5.74) is 1.29. The molecule has 0 fully saturated rings. The molecule has 2 nitrogen and oxygen atoms in total. The van der Waals surface area contributed by atoms with Crippen LogP contribution in [-0.4, -0.2) is 13.2 Å². The minimum Gasteiger partial charge on any atom is -0.494 e. The van der Waals surface area contributed by atoms with Crippen LogP contribution in [0.15, 0.2) is 24.3 Å². The Morgan fingerprint density at radius 2 is 1.83 bits per heavy atom. The molecule has 1 rings (SSSR count). The number of ether oxygens (including phenoxy) is 1. The zero-order valence-corrected chi connectivity index (χ0v) is 12.2. The van der Waals surface area contributed by atoms with E-state index in [1.54, 1.807) is 0 Å². The summed E-state index contributed by atoms with van der Waals surface area (Å²) >= 11 is 0. The number of hydrogen-bond acceptors (Lipinski definition) is 2. The second kappa shape index (κ2) is 8.15. The van der Waals surface area contributed by atoms with Gasteiger partial charge in [-0.2, -0.15) is 0 Å². The molecule has 0 spiro atoms. The maximum Gasteiger partial charge on any atom is 0.124 e. The Morgan fingerprint density at radius 1 is 1.11 bits per heavy atom. The van der Waals surface area contributed by atoms with Crippen molar-refractivity contribution in [2.45, 2.75) is 46.6 Å². The Bertz CT molecular complexity index is 336. The van der Waals surface area contributed by atoms with Crippen LogP contribution < -0.4 is 10.1 Å². The molecule has 1 N–H and O–H groups in total. The van der Waals surface area contributed by atoms with E-state index in [4.69, 9.17) is 4.74 Å². The van der Waals surface area contributed by atoms with Crippen LogP contribution in [0, 0.1) is 5.92 Å². The first-order valence-electron chi connectivity index (χ1n) is 7.14. The highest BCUT2D eigenvalue weighted by atomic mass is 16.5. The van der Waals surface area contributed by atoms with Gasteiger partial charge >= 0.3 is 0 Å². The summed E-state index contributed by atoms with van der Waals surface area (Å²) in [4.78, 5) is 0. The molecule has 0 aliphatic heterocycles. The van der Waals surface area contributed by atoms with Crippen LogP contribution in [0.1, 0.15) is 52.1 Å². The third kappa shape index (κ3) is 4.69. The number of rotatable bonds is 8. The van der Waals surface area contributed by atoms with Gasteiger partial charge in [0.15, 0.2) is 0 Å². The third-order valence-electron chi connectivity index (χ3n) is 3.08. The quantitative estimate of drug-likeness (QED) is 0.746. The zero-order chi connectivity index (χ0) is 13.4. The normalized spacial score (nSPS) is 12.7. The first kappa shape index (κ1) is 15.0. The molecule has 0 saturated heterocycles. The Balaban J connectivity index is 2.82. The molecule has 0 heterocycles. The molecule has 0 aliphatic carbocycles. The average Bonchev–Trinajstić information content (AvgIpc) is 2.35. The molecular formula is C16H27NO. The van der Waals surface area contributed by atoms with Crippen molar-refractivity contribution in [1.29, 1.82) is 0 Å². The molecule has 1 aromatic carbocycles. The van der Waals surface area contributed by atoms with E-state index in [0.717, 1.165) is 31.2 Å². The van der Waals surface area contributed by atoms with Crippen LogP contribution in [0.25, 0.3) is 0 Å². The molecule has 1 aromatic rings. The van der Waals surface area contributed by atoms with E-state index in [0.29, 0.717) is 6.04 Å². The Labute approximate surface area is 112 Å². The molecule has 0 bridgehead atoms. The monoisotopic (exact) mass is 249 g/mol. The van der Waals surface area contributed by atoms with Crippen LogP contribution >= 0.6 is 0 Å². The molecule has 18 heavy (non-hydrogen) atoms. The van der Waals surface area contributed by atoms with Gasteiger partial charge in [0.1, 0.15) is 5.75 Å². The lowest BCUT2D eigenvalue weighted by Gasteiger charge is -2.22. The fourth-order valence-electron chi connectivity index (χ4n) is 2.17. The second-order valence-electron chi connectivity index (χ2n) is 5.05. The fraction of sp³-hybridized carbons (Fsp3) is 0.625. The van der Waals surface area contributed by atoms with Crippen LogP contribution in [0.3, 0.4) is 0 Å². The molecule has 0 radical (unpaired) electrons. The summed E-state index contributed by atoms with van der Waals surface area (Å²) < 4.78 is 5.73. The van der Waals surface area contributed by atoms with Crippen molar-refractivity contribution in [3.63, 3.8) is 0 Å². The van der Waals surface area contributed by atoms with Crippen LogP contribution in [0.5, 0.6) is 5.75 Å². The molecule has 0 amide bonds. The molecule has 0 saturated carbocycles. The topological polar surface area (TPSA) is 21.3 Å². The summed E-state index contributed by atoms with van der Waals surface area (Å²) in [6, 6.07) is 8.79. The van der Waals surface area contributed by atoms with Gasteiger partial charge in [-0.25, -0.2) is 0 Å². The summed E-state index contributed by atoms with van der Waals surface area (Å²) in [5, 5.41) is 3.57. The molecule has 1 atom stereocenters. The van der Waals surface area contributed by atoms with Crippen molar-refractivity contribution in [3.8, 4) is 5.75 Å². The Kier molecular flexibility index (Phi) is 6.81. The van der Waals surface area contributed by atoms with Gasteiger partial charge in [0, 0.05) is 11.6 Å². The van der Waals surface area contributed by atoms with Gasteiger partial charge in [-0.1, -0.05) is 39.0 Å². The summed E-state index contributed by atoms with van der Waals surface area (Å²) in [6.07, 6.45) is 2.40. The highest BCUT2D eigenvalue weighted by molar-refractivity contribution is 5.36. The molecular weight excluding hydrogens is 222 g/mol. The maximum atomic E-state index is 5.73. The third-order valence-corrected chi connectivity index (χ3v) is 3.08. The maximum absolute atomic E-state index is 5.73. The van der Waals surface area contributed by atoms with Crippen molar-refractivity contribution in [2.75, 3.05) is 13.2 Å². The van der Waals surface area contributed by atoms with Crippen molar-refractivity contribution < 1.29 is 4.74 Å². The van der Waals surface area contributed by atoms with E-state index in [1.165, 1.54) is 12.0 Å². The van der Waals surface area contributed by atoms with Crippen LogP contribution in [-0.2, 0) is 0 Å². The lowest BCUT2D eigenvalue weighted by atomic mass is 9.97.